The molecule has 0 bridgehead atoms. The van der Waals surface area contributed by atoms with Crippen LogP contribution < -0.4 is 4.74 Å². The number of H-pyrrole nitrogens is 1. The van der Waals surface area contributed by atoms with Crippen LogP contribution in [-0.2, 0) is 4.74 Å². The topological polar surface area (TPSA) is 47.1 Å². The minimum atomic E-state index is -0.150. The van der Waals surface area contributed by atoms with Crippen LogP contribution in [0.4, 0.5) is 0 Å². The smallest absolute Gasteiger partial charge is 0.137 e. The van der Waals surface area contributed by atoms with Crippen LogP contribution in [0.3, 0.4) is 0 Å². The van der Waals surface area contributed by atoms with Gasteiger partial charge in [-0.05, 0) is 36.8 Å². The normalized spacial score (nSPS) is 12.5. The van der Waals surface area contributed by atoms with Gasteiger partial charge in [-0.3, -0.25) is 0 Å². The molecule has 4 nitrogen and oxygen atoms in total. The van der Waals surface area contributed by atoms with Crippen molar-refractivity contribution >= 4 is 11.0 Å². The zero-order chi connectivity index (χ0) is 14.7. The molecule has 0 fully saturated rings. The second-order valence-corrected chi connectivity index (χ2v) is 4.76. The molecule has 3 aromatic rings. The number of ether oxygens (including phenoxy) is 2. The molecular formula is C17H18N2O2. The maximum Gasteiger partial charge on any atom is 0.137 e. The Labute approximate surface area is 123 Å². The highest BCUT2D eigenvalue weighted by Gasteiger charge is 2.18. The molecule has 0 saturated carbocycles. The van der Waals surface area contributed by atoms with E-state index in [0.717, 1.165) is 27.9 Å². The number of pyridine rings is 1. The van der Waals surface area contributed by atoms with Crippen LogP contribution in [-0.4, -0.2) is 23.7 Å². The lowest BCUT2D eigenvalue weighted by Crippen LogP contribution is -2.03. The van der Waals surface area contributed by atoms with E-state index in [1.165, 1.54) is 0 Å². The molecule has 2 heterocycles. The minimum absolute atomic E-state index is 0.150. The number of aromatic amines is 1. The fraction of sp³-hybridized carbons (Fsp3) is 0.235. The van der Waals surface area contributed by atoms with Gasteiger partial charge in [0.2, 0.25) is 0 Å². The Kier molecular flexibility index (Phi) is 3.88. The largest absolute Gasteiger partial charge is 0.494 e. The first-order valence-corrected chi connectivity index (χ1v) is 7.01. The predicted octanol–water partition coefficient (Wildman–Crippen LogP) is 3.70. The Bertz CT molecular complexity index is 736. The van der Waals surface area contributed by atoms with Gasteiger partial charge in [0, 0.05) is 30.5 Å². The third-order valence-corrected chi connectivity index (χ3v) is 3.47. The first-order valence-electron chi connectivity index (χ1n) is 7.01. The number of rotatable bonds is 5. The molecule has 1 N–H and O–H groups in total. The van der Waals surface area contributed by atoms with Gasteiger partial charge in [-0.2, -0.15) is 0 Å². The molecule has 1 aromatic carbocycles. The van der Waals surface area contributed by atoms with Gasteiger partial charge in [0.1, 0.15) is 17.5 Å². The Hall–Kier alpha value is -2.33. The molecule has 0 aliphatic heterocycles. The first kappa shape index (κ1) is 13.6. The molecule has 3 rings (SSSR count). The second-order valence-electron chi connectivity index (χ2n) is 4.76. The summed E-state index contributed by atoms with van der Waals surface area (Å²) in [6.45, 7) is 2.63. The van der Waals surface area contributed by atoms with Crippen molar-refractivity contribution in [3.05, 3.63) is 59.9 Å². The summed E-state index contributed by atoms with van der Waals surface area (Å²) in [5.41, 5.74) is 3.01. The summed E-state index contributed by atoms with van der Waals surface area (Å²) in [6.07, 6.45) is 3.59. The van der Waals surface area contributed by atoms with Gasteiger partial charge in [-0.1, -0.05) is 12.1 Å². The van der Waals surface area contributed by atoms with Gasteiger partial charge < -0.3 is 14.5 Å². The summed E-state index contributed by atoms with van der Waals surface area (Å²) in [7, 11) is 1.72. The molecule has 0 amide bonds. The lowest BCUT2D eigenvalue weighted by Gasteiger charge is -2.16. The van der Waals surface area contributed by atoms with Gasteiger partial charge in [-0.15, -0.1) is 0 Å². The van der Waals surface area contributed by atoms with Crippen molar-refractivity contribution in [2.75, 3.05) is 13.7 Å². The molecular weight excluding hydrogens is 264 g/mol. The average Bonchev–Trinajstić information content (AvgIpc) is 2.93. The maximum absolute atomic E-state index is 5.72. The number of nitrogens with zero attached hydrogens (tertiary/aromatic N) is 1. The van der Waals surface area contributed by atoms with E-state index >= 15 is 0 Å². The van der Waals surface area contributed by atoms with Crippen molar-refractivity contribution in [2.45, 2.75) is 13.0 Å². The van der Waals surface area contributed by atoms with E-state index in [2.05, 4.69) is 9.97 Å². The second kappa shape index (κ2) is 5.97. The first-order chi connectivity index (χ1) is 10.3. The van der Waals surface area contributed by atoms with Crippen LogP contribution in [0.2, 0.25) is 0 Å². The minimum Gasteiger partial charge on any atom is -0.494 e. The van der Waals surface area contributed by atoms with Crippen molar-refractivity contribution in [3.63, 3.8) is 0 Å². The molecule has 4 heteroatoms. The number of fused-ring (bicyclic) bond motifs is 1. The van der Waals surface area contributed by atoms with Crippen molar-refractivity contribution in [1.29, 1.82) is 0 Å². The van der Waals surface area contributed by atoms with Crippen LogP contribution in [0, 0.1) is 0 Å². The summed E-state index contributed by atoms with van der Waals surface area (Å²) in [5.74, 6) is 0.856. The number of hydrogen-bond acceptors (Lipinski definition) is 3. The van der Waals surface area contributed by atoms with Crippen LogP contribution in [0.25, 0.3) is 11.0 Å². The van der Waals surface area contributed by atoms with Crippen LogP contribution in [0.5, 0.6) is 5.75 Å². The molecule has 1 atom stereocenters. The van der Waals surface area contributed by atoms with Crippen molar-refractivity contribution < 1.29 is 9.47 Å². The maximum atomic E-state index is 5.72. The van der Waals surface area contributed by atoms with E-state index in [9.17, 15) is 0 Å². The molecule has 0 aliphatic carbocycles. The zero-order valence-corrected chi connectivity index (χ0v) is 12.2. The van der Waals surface area contributed by atoms with Gasteiger partial charge in [0.15, 0.2) is 0 Å². The molecule has 0 radical (unpaired) electrons. The highest BCUT2D eigenvalue weighted by molar-refractivity contribution is 5.80. The summed E-state index contributed by atoms with van der Waals surface area (Å²) >= 11 is 0. The third-order valence-electron chi connectivity index (χ3n) is 3.47. The van der Waals surface area contributed by atoms with Crippen molar-refractivity contribution in [3.8, 4) is 5.75 Å². The summed E-state index contributed by atoms with van der Waals surface area (Å²) in [4.78, 5) is 7.51. The highest BCUT2D eigenvalue weighted by Crippen LogP contribution is 2.32. The number of methoxy groups -OCH3 is 1. The zero-order valence-electron chi connectivity index (χ0n) is 12.2. The predicted molar refractivity (Wildman–Crippen MR) is 82.6 cm³/mol. The average molecular weight is 282 g/mol. The van der Waals surface area contributed by atoms with Gasteiger partial charge >= 0.3 is 0 Å². The lowest BCUT2D eigenvalue weighted by molar-refractivity contribution is 0.137. The molecule has 21 heavy (non-hydrogen) atoms. The SMILES string of the molecule is CCOc1cccc(C(OC)c2c[nH]c3ncccc23)c1. The van der Waals surface area contributed by atoms with Crippen molar-refractivity contribution in [1.82, 2.24) is 9.97 Å². The van der Waals surface area contributed by atoms with E-state index in [4.69, 9.17) is 9.47 Å². The van der Waals surface area contributed by atoms with Gasteiger partial charge in [-0.25, -0.2) is 4.98 Å². The molecule has 2 aromatic heterocycles. The van der Waals surface area contributed by atoms with Crippen LogP contribution in [0.1, 0.15) is 24.2 Å². The van der Waals surface area contributed by atoms with Crippen LogP contribution in [0.15, 0.2) is 48.8 Å². The number of aromatic nitrogens is 2. The van der Waals surface area contributed by atoms with E-state index in [0.29, 0.717) is 6.61 Å². The standard InChI is InChI=1S/C17H18N2O2/c1-3-21-13-7-4-6-12(10-13)16(20-2)15-11-19-17-14(15)8-5-9-18-17/h4-11,16H,3H2,1-2H3,(H,18,19). The Morgan fingerprint density at radius 3 is 2.95 bits per heavy atom. The molecule has 0 spiro atoms. The monoisotopic (exact) mass is 282 g/mol. The van der Waals surface area contributed by atoms with E-state index in [-0.39, 0.29) is 6.10 Å². The summed E-state index contributed by atoms with van der Waals surface area (Å²) in [6, 6.07) is 12.0. The number of nitrogens with one attached hydrogen (secondary N) is 1. The Balaban J connectivity index is 2.03. The highest BCUT2D eigenvalue weighted by atomic mass is 16.5. The Morgan fingerprint density at radius 2 is 2.14 bits per heavy atom. The van der Waals surface area contributed by atoms with E-state index in [1.807, 2.05) is 49.5 Å². The molecule has 1 unspecified atom stereocenters. The van der Waals surface area contributed by atoms with Crippen LogP contribution >= 0.6 is 0 Å². The van der Waals surface area contributed by atoms with Gasteiger partial charge in [0.25, 0.3) is 0 Å². The number of hydrogen-bond donors (Lipinski definition) is 1. The summed E-state index contributed by atoms with van der Waals surface area (Å²) < 4.78 is 11.3. The Morgan fingerprint density at radius 1 is 1.24 bits per heavy atom. The van der Waals surface area contributed by atoms with E-state index < -0.39 is 0 Å². The molecule has 0 aliphatic rings. The molecule has 0 saturated heterocycles. The van der Waals surface area contributed by atoms with Crippen molar-refractivity contribution in [2.24, 2.45) is 0 Å². The number of benzene rings is 1. The molecule has 108 valence electrons. The van der Waals surface area contributed by atoms with E-state index in [1.54, 1.807) is 13.3 Å². The fourth-order valence-corrected chi connectivity index (χ4v) is 2.57. The third kappa shape index (κ3) is 2.62. The van der Waals surface area contributed by atoms with Gasteiger partial charge in [0.05, 0.1) is 6.61 Å². The fourth-order valence-electron chi connectivity index (χ4n) is 2.57. The quantitative estimate of drug-likeness (QED) is 0.776. The summed E-state index contributed by atoms with van der Waals surface area (Å²) in [5, 5.41) is 1.08. The lowest BCUT2D eigenvalue weighted by atomic mass is 10.0.